The Kier molecular flexibility index (Phi) is 7.63. The molecule has 0 saturated heterocycles. The second-order valence-electron chi connectivity index (χ2n) is 9.83. The molecule has 2 aromatic carbocycles. The highest BCUT2D eigenvalue weighted by Gasteiger charge is 2.31. The van der Waals surface area contributed by atoms with Crippen molar-refractivity contribution in [1.82, 2.24) is 0 Å². The van der Waals surface area contributed by atoms with Gasteiger partial charge in [0.15, 0.2) is 0 Å². The summed E-state index contributed by atoms with van der Waals surface area (Å²) in [6, 6.07) is 16.7. The average Bonchev–Trinajstić information content (AvgIpc) is 2.85. The van der Waals surface area contributed by atoms with Crippen LogP contribution in [0.3, 0.4) is 0 Å². The predicted octanol–water partition coefficient (Wildman–Crippen LogP) is 7.66. The van der Waals surface area contributed by atoms with Crippen molar-refractivity contribution in [2.75, 3.05) is 0 Å². The molecular formula is C29H35NO2. The van der Waals surface area contributed by atoms with Gasteiger partial charge in [0, 0.05) is 0 Å². The Balaban J connectivity index is 1.26. The van der Waals surface area contributed by atoms with Crippen LogP contribution in [0, 0.1) is 29.1 Å². The zero-order valence-electron chi connectivity index (χ0n) is 19.3. The number of esters is 1. The number of hydrogen-bond donors (Lipinski definition) is 0. The molecule has 0 unspecified atom stereocenters. The van der Waals surface area contributed by atoms with Crippen molar-refractivity contribution in [1.29, 1.82) is 5.26 Å². The van der Waals surface area contributed by atoms with Crippen LogP contribution in [0.2, 0.25) is 0 Å². The first-order chi connectivity index (χ1) is 15.7. The number of carbonyl (C=O) groups excluding carboxylic acids is 1. The number of ether oxygens (including phenoxy) is 1. The molecule has 0 aromatic heterocycles. The molecule has 2 saturated carbocycles. The lowest BCUT2D eigenvalue weighted by Gasteiger charge is -2.38. The van der Waals surface area contributed by atoms with Gasteiger partial charge >= 0.3 is 5.97 Å². The second-order valence-corrected chi connectivity index (χ2v) is 9.83. The van der Waals surface area contributed by atoms with E-state index in [1.54, 1.807) is 24.3 Å². The summed E-state index contributed by atoms with van der Waals surface area (Å²) in [6.07, 6.45) is 13.9. The molecule has 168 valence electrons. The smallest absolute Gasteiger partial charge is 0.343 e. The third-order valence-corrected chi connectivity index (χ3v) is 7.84. The normalized spacial score (nSPS) is 25.6. The summed E-state index contributed by atoms with van der Waals surface area (Å²) in [5, 5.41) is 8.88. The van der Waals surface area contributed by atoms with Gasteiger partial charge < -0.3 is 4.74 Å². The predicted molar refractivity (Wildman–Crippen MR) is 128 cm³/mol. The highest BCUT2D eigenvalue weighted by Crippen LogP contribution is 2.44. The molecule has 32 heavy (non-hydrogen) atoms. The molecule has 2 fully saturated rings. The van der Waals surface area contributed by atoms with Gasteiger partial charge in [0.2, 0.25) is 0 Å². The molecule has 0 atom stereocenters. The molecule has 0 aliphatic heterocycles. The van der Waals surface area contributed by atoms with E-state index in [0.717, 1.165) is 17.8 Å². The summed E-state index contributed by atoms with van der Waals surface area (Å²) in [5.74, 6) is 3.70. The van der Waals surface area contributed by atoms with Crippen LogP contribution in [0.15, 0.2) is 48.5 Å². The van der Waals surface area contributed by atoms with Crippen molar-refractivity contribution in [3.63, 3.8) is 0 Å². The van der Waals surface area contributed by atoms with E-state index in [1.807, 2.05) is 12.1 Å². The molecule has 2 aliphatic rings. The van der Waals surface area contributed by atoms with Gasteiger partial charge in [0.25, 0.3) is 0 Å². The summed E-state index contributed by atoms with van der Waals surface area (Å²) in [4.78, 5) is 12.3. The first-order valence-corrected chi connectivity index (χ1v) is 12.5. The van der Waals surface area contributed by atoms with E-state index in [1.165, 1.54) is 69.8 Å². The van der Waals surface area contributed by atoms with E-state index in [9.17, 15) is 4.79 Å². The molecule has 0 radical (unpaired) electrons. The maximum Gasteiger partial charge on any atom is 0.343 e. The molecule has 0 amide bonds. The zero-order valence-corrected chi connectivity index (χ0v) is 19.3. The van der Waals surface area contributed by atoms with Gasteiger partial charge in [-0.05, 0) is 104 Å². The fourth-order valence-electron chi connectivity index (χ4n) is 5.94. The van der Waals surface area contributed by atoms with Crippen molar-refractivity contribution >= 4 is 5.97 Å². The Hall–Kier alpha value is -2.60. The maximum atomic E-state index is 12.3. The first kappa shape index (κ1) is 22.6. The van der Waals surface area contributed by atoms with Gasteiger partial charge in [0.05, 0.1) is 17.2 Å². The van der Waals surface area contributed by atoms with Gasteiger partial charge in [-0.15, -0.1) is 0 Å². The number of carbonyl (C=O) groups is 1. The second kappa shape index (κ2) is 10.8. The molecule has 4 rings (SSSR count). The van der Waals surface area contributed by atoms with Crippen molar-refractivity contribution < 1.29 is 9.53 Å². The Morgan fingerprint density at radius 1 is 0.875 bits per heavy atom. The van der Waals surface area contributed by atoms with Gasteiger partial charge in [-0.3, -0.25) is 0 Å². The Labute approximate surface area is 192 Å². The van der Waals surface area contributed by atoms with Gasteiger partial charge in [0.1, 0.15) is 5.75 Å². The van der Waals surface area contributed by atoms with Crippen molar-refractivity contribution in [2.24, 2.45) is 17.8 Å². The minimum Gasteiger partial charge on any atom is -0.423 e. The monoisotopic (exact) mass is 429 g/mol. The minimum atomic E-state index is -0.392. The van der Waals surface area contributed by atoms with Crippen LogP contribution in [0.25, 0.3) is 0 Å². The van der Waals surface area contributed by atoms with Crippen LogP contribution in [-0.2, 0) is 0 Å². The minimum absolute atomic E-state index is 0.392. The van der Waals surface area contributed by atoms with Gasteiger partial charge in [-0.1, -0.05) is 44.7 Å². The van der Waals surface area contributed by atoms with Crippen molar-refractivity contribution in [3.8, 4) is 11.8 Å². The molecule has 0 heterocycles. The maximum absolute atomic E-state index is 12.3. The molecule has 2 aromatic rings. The average molecular weight is 430 g/mol. The van der Waals surface area contributed by atoms with Gasteiger partial charge in [-0.2, -0.15) is 5.26 Å². The van der Waals surface area contributed by atoms with E-state index in [4.69, 9.17) is 10.00 Å². The topological polar surface area (TPSA) is 50.1 Å². The summed E-state index contributed by atoms with van der Waals surface area (Å²) < 4.78 is 5.52. The lowest BCUT2D eigenvalue weighted by Crippen LogP contribution is -2.25. The molecule has 0 spiro atoms. The van der Waals surface area contributed by atoms with Crippen LogP contribution in [0.4, 0.5) is 0 Å². The van der Waals surface area contributed by atoms with Crippen molar-refractivity contribution in [3.05, 3.63) is 65.2 Å². The van der Waals surface area contributed by atoms with E-state index in [2.05, 4.69) is 25.1 Å². The lowest BCUT2D eigenvalue weighted by molar-refractivity contribution is 0.0734. The highest BCUT2D eigenvalue weighted by atomic mass is 16.5. The molecule has 0 bridgehead atoms. The number of rotatable bonds is 6. The first-order valence-electron chi connectivity index (χ1n) is 12.5. The number of nitrogens with zero attached hydrogens (tertiary/aromatic N) is 1. The van der Waals surface area contributed by atoms with Crippen LogP contribution in [0.5, 0.6) is 5.75 Å². The van der Waals surface area contributed by atoms with Crippen LogP contribution >= 0.6 is 0 Å². The van der Waals surface area contributed by atoms with E-state index in [-0.39, 0.29) is 0 Å². The largest absolute Gasteiger partial charge is 0.423 e. The molecule has 2 aliphatic carbocycles. The lowest BCUT2D eigenvalue weighted by atomic mass is 9.68. The van der Waals surface area contributed by atoms with Crippen LogP contribution in [-0.4, -0.2) is 5.97 Å². The van der Waals surface area contributed by atoms with Gasteiger partial charge in [-0.25, -0.2) is 4.79 Å². The molecule has 3 nitrogen and oxygen atoms in total. The Morgan fingerprint density at radius 3 is 2.03 bits per heavy atom. The third kappa shape index (κ3) is 5.60. The van der Waals surface area contributed by atoms with E-state index < -0.39 is 5.97 Å². The Morgan fingerprint density at radius 2 is 1.47 bits per heavy atom. The highest BCUT2D eigenvalue weighted by molar-refractivity contribution is 5.91. The fourth-order valence-corrected chi connectivity index (χ4v) is 5.94. The number of nitriles is 1. The quantitative estimate of drug-likeness (QED) is 0.350. The standard InChI is InChI=1S/C29H35NO2/c1-2-3-21-4-8-23(9-5-21)24-12-14-25(15-13-24)26-16-18-28(19-17-26)32-29(31)27-10-6-22(20-30)7-11-27/h6-7,10-11,16-19,21,23-25H,2-5,8-9,12-15H2,1H3/t21-,23-,24?,25?. The van der Waals surface area contributed by atoms with Crippen molar-refractivity contribution in [2.45, 2.75) is 77.0 Å². The zero-order chi connectivity index (χ0) is 22.3. The molecular weight excluding hydrogens is 394 g/mol. The summed E-state index contributed by atoms with van der Waals surface area (Å²) in [5.41, 5.74) is 2.35. The molecule has 0 N–H and O–H groups in total. The molecule has 3 heteroatoms. The Bertz CT molecular complexity index is 909. The summed E-state index contributed by atoms with van der Waals surface area (Å²) in [7, 11) is 0. The third-order valence-electron chi connectivity index (χ3n) is 7.84. The van der Waals surface area contributed by atoms with E-state index in [0.29, 0.717) is 22.8 Å². The number of benzene rings is 2. The van der Waals surface area contributed by atoms with E-state index >= 15 is 0 Å². The van der Waals surface area contributed by atoms with Crippen LogP contribution < -0.4 is 4.74 Å². The SMILES string of the molecule is CCC[C@H]1CC[C@H](C2CCC(c3ccc(OC(=O)c4ccc(C#N)cc4)cc3)CC2)CC1. The fraction of sp³-hybridized carbons (Fsp3) is 0.517. The summed E-state index contributed by atoms with van der Waals surface area (Å²) in [6.45, 7) is 2.32. The van der Waals surface area contributed by atoms with Crippen LogP contribution in [0.1, 0.15) is 98.5 Å². The number of hydrogen-bond acceptors (Lipinski definition) is 3. The summed E-state index contributed by atoms with van der Waals surface area (Å²) >= 11 is 0.